The van der Waals surface area contributed by atoms with Crippen LogP contribution in [-0.2, 0) is 42.7 Å². The molecule has 0 bridgehead atoms. The van der Waals surface area contributed by atoms with E-state index in [0.29, 0.717) is 6.42 Å². The molecule has 6 aliphatic rings. The van der Waals surface area contributed by atoms with Gasteiger partial charge in [-0.05, 0) is 98.6 Å². The van der Waals surface area contributed by atoms with Crippen LogP contribution in [0.2, 0.25) is 0 Å². The molecule has 11 heteroatoms. The standard InChI is InChI=1S/C6H10O3.C6H10O2S.C5H6O2.2C5H8O.C5H8S/c2*1-7-5-3-4-6(8-2)9-5;6-5-3-1-2-4-7-5;3*1-2-4-6-5-3-1/h2*3-6H,1-2H3;2,4H,1,3H2;3*2,4H,1,3,5H2. The van der Waals surface area contributed by atoms with Crippen molar-refractivity contribution in [3.05, 3.63) is 72.8 Å². The largest absolute Gasteiger partial charge is 0.502 e. The molecule has 0 saturated heterocycles. The maximum Gasteiger partial charge on any atom is 0.310 e. The van der Waals surface area contributed by atoms with Crippen molar-refractivity contribution < 1.29 is 42.7 Å². The molecule has 0 aromatic carbocycles. The molecule has 0 fully saturated rings. The minimum Gasteiger partial charge on any atom is -0.502 e. The van der Waals surface area contributed by atoms with E-state index in [1.807, 2.05) is 54.3 Å². The van der Waals surface area contributed by atoms with Crippen LogP contribution in [0.1, 0.15) is 51.4 Å². The van der Waals surface area contributed by atoms with Gasteiger partial charge in [-0.1, -0.05) is 17.8 Å². The summed E-state index contributed by atoms with van der Waals surface area (Å²) in [5.41, 5.74) is 0.380. The molecule has 9 nitrogen and oxygen atoms in total. The lowest BCUT2D eigenvalue weighted by Crippen LogP contribution is -2.14. The number of allylic oxidation sites excluding steroid dienone is 4. The fourth-order valence-corrected chi connectivity index (χ4v) is 4.85. The van der Waals surface area contributed by atoms with Gasteiger partial charge in [-0.2, -0.15) is 0 Å². The third-order valence-corrected chi connectivity index (χ3v) is 7.75. The van der Waals surface area contributed by atoms with E-state index in [2.05, 4.69) is 16.2 Å². The van der Waals surface area contributed by atoms with Gasteiger partial charge >= 0.3 is 5.97 Å². The Bertz CT molecular complexity index is 739. The zero-order chi connectivity index (χ0) is 31.2. The number of hydrogen-bond donors (Lipinski definition) is 0. The van der Waals surface area contributed by atoms with Gasteiger partial charge in [0.25, 0.3) is 0 Å². The van der Waals surface area contributed by atoms with Crippen LogP contribution < -0.4 is 0 Å². The third kappa shape index (κ3) is 23.1. The summed E-state index contributed by atoms with van der Waals surface area (Å²) in [6.45, 7) is 1.83. The second-order valence-electron chi connectivity index (χ2n) is 9.01. The van der Waals surface area contributed by atoms with E-state index >= 15 is 0 Å². The van der Waals surface area contributed by atoms with Gasteiger partial charge in [0.1, 0.15) is 10.9 Å². The molecule has 0 radical (unpaired) electrons. The second kappa shape index (κ2) is 28.8. The van der Waals surface area contributed by atoms with Crippen LogP contribution in [0.25, 0.3) is 0 Å². The molecule has 0 amide bonds. The summed E-state index contributed by atoms with van der Waals surface area (Å²) in [6.07, 6.45) is 29.1. The quantitative estimate of drug-likeness (QED) is 0.230. The normalized spacial score (nSPS) is 25.7. The lowest BCUT2D eigenvalue weighted by molar-refractivity contribution is -0.173. The Kier molecular flexibility index (Phi) is 26.1. The Labute approximate surface area is 266 Å². The predicted octanol–water partition coefficient (Wildman–Crippen LogP) is 7.24. The highest BCUT2D eigenvalue weighted by atomic mass is 32.2. The average Bonchev–Trinajstić information content (AvgIpc) is 3.79. The van der Waals surface area contributed by atoms with Gasteiger partial charge in [-0.3, -0.25) is 4.79 Å². The zero-order valence-corrected chi connectivity index (χ0v) is 27.6. The molecule has 4 unspecified atom stereocenters. The van der Waals surface area contributed by atoms with Crippen LogP contribution in [0.15, 0.2) is 72.8 Å². The van der Waals surface area contributed by atoms with Gasteiger partial charge < -0.3 is 37.9 Å². The monoisotopic (exact) mass is 642 g/mol. The summed E-state index contributed by atoms with van der Waals surface area (Å²) in [6, 6.07) is 0. The van der Waals surface area contributed by atoms with Gasteiger partial charge in [0.2, 0.25) is 0 Å². The molecule has 6 aliphatic heterocycles. The van der Waals surface area contributed by atoms with E-state index in [0.717, 1.165) is 19.6 Å². The van der Waals surface area contributed by atoms with Crippen molar-refractivity contribution in [1.29, 1.82) is 0 Å². The minimum absolute atomic E-state index is 0.123. The molecule has 244 valence electrons. The van der Waals surface area contributed by atoms with Crippen molar-refractivity contribution in [2.24, 2.45) is 0 Å². The fraction of sp³-hybridized carbons (Fsp3) is 0.594. The van der Waals surface area contributed by atoms with Crippen molar-refractivity contribution in [3.8, 4) is 0 Å². The number of ether oxygens (including phenoxy) is 8. The Morgan fingerprint density at radius 2 is 1.23 bits per heavy atom. The molecule has 0 saturated carbocycles. The number of hydrogen-bond acceptors (Lipinski definition) is 11. The second-order valence-corrected chi connectivity index (χ2v) is 11.2. The Morgan fingerprint density at radius 3 is 1.42 bits per heavy atom. The summed E-state index contributed by atoms with van der Waals surface area (Å²) < 4.78 is 39.1. The maximum atomic E-state index is 10.2. The third-order valence-electron chi connectivity index (χ3n) is 5.60. The highest BCUT2D eigenvalue weighted by Gasteiger charge is 2.17. The minimum atomic E-state index is -0.227. The number of esters is 1. The van der Waals surface area contributed by atoms with E-state index in [9.17, 15) is 4.79 Å². The molecule has 0 aliphatic carbocycles. The molecular formula is C32H50O9S2. The lowest BCUT2D eigenvalue weighted by Gasteiger charge is -2.09. The van der Waals surface area contributed by atoms with Crippen LogP contribution in [0, 0.1) is 0 Å². The first-order valence-corrected chi connectivity index (χ1v) is 16.5. The molecular weight excluding hydrogens is 592 g/mol. The van der Waals surface area contributed by atoms with E-state index in [1.165, 1.54) is 50.5 Å². The first kappa shape index (κ1) is 39.0. The molecule has 0 N–H and O–H groups in total. The molecule has 0 aromatic heterocycles. The number of rotatable bonds is 4. The van der Waals surface area contributed by atoms with E-state index in [4.69, 9.17) is 33.2 Å². The molecule has 43 heavy (non-hydrogen) atoms. The number of carbonyl (C=O) groups is 1. The Morgan fingerprint density at radius 1 is 0.674 bits per heavy atom. The molecule has 0 spiro atoms. The van der Waals surface area contributed by atoms with E-state index < -0.39 is 0 Å². The van der Waals surface area contributed by atoms with Crippen LogP contribution >= 0.6 is 23.5 Å². The van der Waals surface area contributed by atoms with Gasteiger partial charge in [-0.15, -0.1) is 11.8 Å². The smallest absolute Gasteiger partial charge is 0.310 e. The van der Waals surface area contributed by atoms with Crippen molar-refractivity contribution >= 4 is 29.5 Å². The molecule has 4 atom stereocenters. The number of methoxy groups -OCH3 is 4. The van der Waals surface area contributed by atoms with Crippen LogP contribution in [0.3, 0.4) is 0 Å². The van der Waals surface area contributed by atoms with Crippen molar-refractivity contribution in [2.75, 3.05) is 47.4 Å². The SMILES string of the molecule is C1=COCCC1.C1=COCCC1.C1=CSCCC1.COC1C=CC(OC)O1.COC1C=CC(OC)S1.O=C1CCC=CO1. The molecule has 6 heterocycles. The average molecular weight is 643 g/mol. The van der Waals surface area contributed by atoms with Gasteiger partial charge in [-0.25, -0.2) is 0 Å². The first-order chi connectivity index (χ1) is 21.1. The van der Waals surface area contributed by atoms with Crippen molar-refractivity contribution in [3.63, 3.8) is 0 Å². The first-order valence-electron chi connectivity index (χ1n) is 14.6. The summed E-state index contributed by atoms with van der Waals surface area (Å²) in [5, 5.41) is 2.18. The maximum absolute atomic E-state index is 10.2. The van der Waals surface area contributed by atoms with Crippen LogP contribution in [0.4, 0.5) is 0 Å². The lowest BCUT2D eigenvalue weighted by atomic mass is 10.3. The number of thioether (sulfide) groups is 2. The molecule has 6 rings (SSSR count). The summed E-state index contributed by atoms with van der Waals surface area (Å²) >= 11 is 3.57. The van der Waals surface area contributed by atoms with E-state index in [1.54, 1.807) is 52.7 Å². The summed E-state index contributed by atoms with van der Waals surface area (Å²) in [5.74, 6) is 1.21. The fourth-order valence-electron chi connectivity index (χ4n) is 3.26. The van der Waals surface area contributed by atoms with Crippen molar-refractivity contribution in [2.45, 2.75) is 74.8 Å². The Balaban J connectivity index is 0.000000260. The zero-order valence-electron chi connectivity index (χ0n) is 26.0. The Hall–Kier alpha value is -1.99. The van der Waals surface area contributed by atoms with Crippen LogP contribution in [0.5, 0.6) is 0 Å². The van der Waals surface area contributed by atoms with E-state index in [-0.39, 0.29) is 29.4 Å². The summed E-state index contributed by atoms with van der Waals surface area (Å²) in [7, 11) is 6.57. The predicted molar refractivity (Wildman–Crippen MR) is 174 cm³/mol. The van der Waals surface area contributed by atoms with Gasteiger partial charge in [0.05, 0.1) is 32.0 Å². The van der Waals surface area contributed by atoms with Gasteiger partial charge in [0.15, 0.2) is 12.6 Å². The topological polar surface area (TPSA) is 90.9 Å². The van der Waals surface area contributed by atoms with Gasteiger partial charge in [0, 0.05) is 34.9 Å². The summed E-state index contributed by atoms with van der Waals surface area (Å²) in [4.78, 5) is 10.2. The highest BCUT2D eigenvalue weighted by Crippen LogP contribution is 2.27. The number of cyclic esters (lactones) is 1. The molecule has 0 aromatic rings. The van der Waals surface area contributed by atoms with Crippen LogP contribution in [-0.4, -0.2) is 76.8 Å². The van der Waals surface area contributed by atoms with Crippen molar-refractivity contribution in [1.82, 2.24) is 0 Å². The number of carbonyl (C=O) groups excluding carboxylic acids is 1. The highest BCUT2D eigenvalue weighted by molar-refractivity contribution is 8.02.